The van der Waals surface area contributed by atoms with E-state index in [1.807, 2.05) is 6.26 Å². The second-order valence-electron chi connectivity index (χ2n) is 5.14. The Morgan fingerprint density at radius 3 is 2.79 bits per heavy atom. The molecule has 6 heteroatoms. The van der Waals surface area contributed by atoms with E-state index in [-0.39, 0.29) is 6.03 Å². The number of nitrogens with one attached hydrogen (secondary N) is 1. The third-order valence-corrected chi connectivity index (χ3v) is 4.15. The smallest absolute Gasteiger partial charge is 0.326 e. The zero-order chi connectivity index (χ0) is 14.3. The minimum atomic E-state index is -0.953. The largest absolute Gasteiger partial charge is 0.480 e. The third-order valence-electron chi connectivity index (χ3n) is 3.51. The van der Waals surface area contributed by atoms with Crippen molar-refractivity contribution in [2.45, 2.75) is 38.6 Å². The number of hydrogen-bond acceptors (Lipinski definition) is 3. The van der Waals surface area contributed by atoms with Gasteiger partial charge in [0.05, 0.1) is 0 Å². The van der Waals surface area contributed by atoms with E-state index in [1.165, 1.54) is 0 Å². The Morgan fingerprint density at radius 1 is 1.42 bits per heavy atom. The highest BCUT2D eigenvalue weighted by molar-refractivity contribution is 7.98. The first kappa shape index (κ1) is 16.1. The summed E-state index contributed by atoms with van der Waals surface area (Å²) < 4.78 is 0. The molecule has 19 heavy (non-hydrogen) atoms. The summed E-state index contributed by atoms with van der Waals surface area (Å²) in [6.45, 7) is 3.65. The number of carbonyl (C=O) groups is 2. The van der Waals surface area contributed by atoms with E-state index in [1.54, 1.807) is 16.7 Å². The average molecular weight is 288 g/mol. The van der Waals surface area contributed by atoms with Crippen LogP contribution < -0.4 is 5.32 Å². The summed E-state index contributed by atoms with van der Waals surface area (Å²) in [6.07, 6.45) is 5.52. The van der Waals surface area contributed by atoms with E-state index in [9.17, 15) is 9.59 Å². The van der Waals surface area contributed by atoms with Crippen molar-refractivity contribution >= 4 is 23.8 Å². The van der Waals surface area contributed by atoms with Crippen LogP contribution in [0.4, 0.5) is 4.79 Å². The first-order valence-electron chi connectivity index (χ1n) is 6.81. The predicted molar refractivity (Wildman–Crippen MR) is 77.5 cm³/mol. The maximum absolute atomic E-state index is 12.1. The Morgan fingerprint density at radius 2 is 2.16 bits per heavy atom. The van der Waals surface area contributed by atoms with E-state index in [0.717, 1.165) is 38.1 Å². The summed E-state index contributed by atoms with van der Waals surface area (Å²) in [5.74, 6) is 0.420. The highest BCUT2D eigenvalue weighted by Gasteiger charge is 2.24. The fourth-order valence-corrected chi connectivity index (χ4v) is 2.67. The Balaban J connectivity index is 2.48. The van der Waals surface area contributed by atoms with E-state index in [0.29, 0.717) is 12.3 Å². The summed E-state index contributed by atoms with van der Waals surface area (Å²) in [7, 11) is 0. The fourth-order valence-electron chi connectivity index (χ4n) is 2.20. The van der Waals surface area contributed by atoms with Gasteiger partial charge in [0, 0.05) is 13.1 Å². The van der Waals surface area contributed by atoms with Gasteiger partial charge >= 0.3 is 12.0 Å². The standard InChI is InChI=1S/C13H24N2O3S/c1-10-4-3-7-15(8-5-10)13(18)14-11(12(16)17)6-9-19-2/h10-11H,3-9H2,1-2H3,(H,14,18)(H,16,17)/t10?,11-/m1/s1. The average Bonchev–Trinajstić information content (AvgIpc) is 2.58. The first-order valence-corrected chi connectivity index (χ1v) is 8.21. The molecule has 0 bridgehead atoms. The monoisotopic (exact) mass is 288 g/mol. The first-order chi connectivity index (χ1) is 9.04. The maximum atomic E-state index is 12.1. The minimum absolute atomic E-state index is 0.234. The number of hydrogen-bond donors (Lipinski definition) is 2. The number of likely N-dealkylation sites (tertiary alicyclic amines) is 1. The number of nitrogens with zero attached hydrogens (tertiary/aromatic N) is 1. The van der Waals surface area contributed by atoms with Crippen LogP contribution in [-0.4, -0.2) is 53.1 Å². The van der Waals surface area contributed by atoms with Gasteiger partial charge in [-0.3, -0.25) is 0 Å². The van der Waals surface area contributed by atoms with Crippen LogP contribution in [0, 0.1) is 5.92 Å². The lowest BCUT2D eigenvalue weighted by Gasteiger charge is -2.23. The van der Waals surface area contributed by atoms with Crippen LogP contribution in [0.2, 0.25) is 0 Å². The van der Waals surface area contributed by atoms with Crippen LogP contribution in [0.1, 0.15) is 32.6 Å². The number of carboxylic acid groups (broad SMARTS) is 1. The molecule has 1 rings (SSSR count). The second kappa shape index (κ2) is 8.30. The SMILES string of the molecule is CSCC[C@@H](NC(=O)N1CCCC(C)CC1)C(=O)O. The van der Waals surface area contributed by atoms with E-state index >= 15 is 0 Å². The van der Waals surface area contributed by atoms with Crippen LogP contribution in [0.5, 0.6) is 0 Å². The molecule has 2 atom stereocenters. The molecular weight excluding hydrogens is 264 g/mol. The lowest BCUT2D eigenvalue weighted by molar-refractivity contribution is -0.139. The van der Waals surface area contributed by atoms with Gasteiger partial charge in [0.15, 0.2) is 0 Å². The molecule has 1 heterocycles. The molecule has 1 saturated heterocycles. The predicted octanol–water partition coefficient (Wildman–Crippen LogP) is 2.02. The Hall–Kier alpha value is -0.910. The van der Waals surface area contributed by atoms with Gasteiger partial charge in [0.2, 0.25) is 0 Å². The van der Waals surface area contributed by atoms with Gasteiger partial charge in [-0.15, -0.1) is 0 Å². The van der Waals surface area contributed by atoms with Crippen LogP contribution in [-0.2, 0) is 4.79 Å². The molecule has 0 aromatic carbocycles. The molecule has 1 unspecified atom stereocenters. The van der Waals surface area contributed by atoms with Crippen LogP contribution >= 0.6 is 11.8 Å². The van der Waals surface area contributed by atoms with Crippen molar-refractivity contribution in [3.63, 3.8) is 0 Å². The van der Waals surface area contributed by atoms with Crippen LogP contribution in [0.3, 0.4) is 0 Å². The molecule has 0 radical (unpaired) electrons. The number of amides is 2. The quantitative estimate of drug-likeness (QED) is 0.812. The number of urea groups is 1. The third kappa shape index (κ3) is 5.72. The normalized spacial score (nSPS) is 21.6. The molecule has 0 aromatic heterocycles. The van der Waals surface area contributed by atoms with Crippen molar-refractivity contribution < 1.29 is 14.7 Å². The van der Waals surface area contributed by atoms with Crippen molar-refractivity contribution in [1.82, 2.24) is 10.2 Å². The molecule has 110 valence electrons. The topological polar surface area (TPSA) is 69.6 Å². The second-order valence-corrected chi connectivity index (χ2v) is 6.13. The summed E-state index contributed by atoms with van der Waals surface area (Å²) >= 11 is 1.59. The van der Waals surface area contributed by atoms with Crippen molar-refractivity contribution in [2.24, 2.45) is 5.92 Å². The summed E-state index contributed by atoms with van der Waals surface area (Å²) in [5.41, 5.74) is 0. The Bertz CT molecular complexity index is 312. The number of thioether (sulfide) groups is 1. The van der Waals surface area contributed by atoms with Gasteiger partial charge < -0.3 is 15.3 Å². The van der Waals surface area contributed by atoms with Crippen molar-refractivity contribution in [2.75, 3.05) is 25.1 Å². The molecule has 0 aliphatic carbocycles. The van der Waals surface area contributed by atoms with E-state index in [4.69, 9.17) is 5.11 Å². The molecule has 2 amide bonds. The summed E-state index contributed by atoms with van der Waals surface area (Å²) in [6, 6.07) is -1.01. The summed E-state index contributed by atoms with van der Waals surface area (Å²) in [5, 5.41) is 11.7. The molecule has 1 aliphatic heterocycles. The van der Waals surface area contributed by atoms with E-state index in [2.05, 4.69) is 12.2 Å². The van der Waals surface area contributed by atoms with Gasteiger partial charge in [0.25, 0.3) is 0 Å². The Kier molecular flexibility index (Phi) is 7.05. The van der Waals surface area contributed by atoms with Crippen molar-refractivity contribution in [1.29, 1.82) is 0 Å². The lowest BCUT2D eigenvalue weighted by Crippen LogP contribution is -2.48. The molecule has 2 N–H and O–H groups in total. The molecule has 1 fully saturated rings. The van der Waals surface area contributed by atoms with Crippen LogP contribution in [0.25, 0.3) is 0 Å². The zero-order valence-corrected chi connectivity index (χ0v) is 12.5. The van der Waals surface area contributed by atoms with Gasteiger partial charge in [-0.05, 0) is 43.6 Å². The minimum Gasteiger partial charge on any atom is -0.480 e. The van der Waals surface area contributed by atoms with E-state index < -0.39 is 12.0 Å². The van der Waals surface area contributed by atoms with Gasteiger partial charge in [-0.1, -0.05) is 6.92 Å². The molecular formula is C13H24N2O3S. The van der Waals surface area contributed by atoms with Gasteiger partial charge in [-0.2, -0.15) is 11.8 Å². The highest BCUT2D eigenvalue weighted by Crippen LogP contribution is 2.16. The summed E-state index contributed by atoms with van der Waals surface area (Å²) in [4.78, 5) is 24.9. The highest BCUT2D eigenvalue weighted by atomic mass is 32.2. The van der Waals surface area contributed by atoms with Crippen molar-refractivity contribution in [3.05, 3.63) is 0 Å². The molecule has 0 spiro atoms. The molecule has 5 nitrogen and oxygen atoms in total. The maximum Gasteiger partial charge on any atom is 0.326 e. The van der Waals surface area contributed by atoms with Crippen LogP contribution in [0.15, 0.2) is 0 Å². The fraction of sp³-hybridized carbons (Fsp3) is 0.846. The van der Waals surface area contributed by atoms with Gasteiger partial charge in [-0.25, -0.2) is 9.59 Å². The number of aliphatic carboxylic acids is 1. The Labute approximate surface area is 119 Å². The number of carbonyl (C=O) groups excluding carboxylic acids is 1. The molecule has 0 aromatic rings. The molecule has 1 aliphatic rings. The van der Waals surface area contributed by atoms with Crippen molar-refractivity contribution in [3.8, 4) is 0 Å². The molecule has 0 saturated carbocycles. The zero-order valence-electron chi connectivity index (χ0n) is 11.7. The number of rotatable bonds is 5. The van der Waals surface area contributed by atoms with Gasteiger partial charge in [0.1, 0.15) is 6.04 Å². The number of carboxylic acids is 1. The lowest BCUT2D eigenvalue weighted by atomic mass is 10.0.